The van der Waals surface area contributed by atoms with E-state index < -0.39 is 17.5 Å². The van der Waals surface area contributed by atoms with Gasteiger partial charge in [0.15, 0.2) is 0 Å². The highest BCUT2D eigenvalue weighted by molar-refractivity contribution is 5.90. The van der Waals surface area contributed by atoms with Gasteiger partial charge in [0.1, 0.15) is 5.82 Å². The Morgan fingerprint density at radius 3 is 2.62 bits per heavy atom. The Balaban J connectivity index is 2.56. The molecule has 0 fully saturated rings. The van der Waals surface area contributed by atoms with E-state index in [1.54, 1.807) is 0 Å². The Hall–Kier alpha value is -2.44. The summed E-state index contributed by atoms with van der Waals surface area (Å²) in [4.78, 5) is 10.5. The van der Waals surface area contributed by atoms with E-state index in [9.17, 15) is 14.4 Å². The normalized spacial score (nSPS) is 10.3. The van der Waals surface area contributed by atoms with Crippen molar-refractivity contribution in [1.29, 1.82) is 0 Å². The molecule has 0 saturated heterocycles. The Morgan fingerprint density at radius 2 is 2.06 bits per heavy atom. The first-order valence-electron chi connectivity index (χ1n) is 4.18. The number of hydrogen-bond acceptors (Lipinski definition) is 4. The van der Waals surface area contributed by atoms with Crippen LogP contribution in [0.4, 0.5) is 4.39 Å². The number of aromatic nitrogens is 2. The van der Waals surface area contributed by atoms with Crippen molar-refractivity contribution >= 4 is 5.97 Å². The molecule has 1 N–H and O–H groups in total. The molecule has 0 aliphatic rings. The highest BCUT2D eigenvalue weighted by Crippen LogP contribution is 2.19. The summed E-state index contributed by atoms with van der Waals surface area (Å²) in [6, 6.07) is 4.87. The number of carboxylic acids is 1. The number of hydrogen-bond donors (Lipinski definition) is 1. The lowest BCUT2D eigenvalue weighted by Crippen LogP contribution is -2.31. The van der Waals surface area contributed by atoms with Crippen LogP contribution in [0.25, 0.3) is 11.3 Å². The molecule has 0 radical (unpaired) electrons. The molecule has 0 aliphatic heterocycles. The van der Waals surface area contributed by atoms with Gasteiger partial charge in [-0.2, -0.15) is 0 Å². The average molecular weight is 224 g/mol. The molecule has 0 atom stereocenters. The van der Waals surface area contributed by atoms with Crippen LogP contribution < -0.4 is 4.90 Å². The van der Waals surface area contributed by atoms with Crippen LogP contribution in [0.2, 0.25) is 0 Å². The molecule has 0 spiro atoms. The van der Waals surface area contributed by atoms with Crippen LogP contribution in [0.3, 0.4) is 0 Å². The van der Waals surface area contributed by atoms with Crippen molar-refractivity contribution in [3.8, 4) is 11.3 Å². The lowest BCUT2D eigenvalue weighted by atomic mass is 10.1. The summed E-state index contributed by atoms with van der Waals surface area (Å²) in [5.74, 6) is -1.94. The summed E-state index contributed by atoms with van der Waals surface area (Å²) < 4.78 is 16.8. The lowest BCUT2D eigenvalue weighted by Gasteiger charge is -1.93. The minimum absolute atomic E-state index is 0.137. The second-order valence-electron chi connectivity index (χ2n) is 2.94. The first-order chi connectivity index (χ1) is 7.59. The monoisotopic (exact) mass is 224 g/mol. The van der Waals surface area contributed by atoms with Crippen molar-refractivity contribution in [3.05, 3.63) is 41.0 Å². The summed E-state index contributed by atoms with van der Waals surface area (Å²) in [6.45, 7) is 0. The number of carboxylic acid groups (broad SMARTS) is 1. The molecule has 1 aromatic carbocycles. The van der Waals surface area contributed by atoms with Crippen molar-refractivity contribution in [3.63, 3.8) is 0 Å². The van der Waals surface area contributed by atoms with Crippen molar-refractivity contribution in [2.75, 3.05) is 0 Å². The highest BCUT2D eigenvalue weighted by Gasteiger charge is 2.27. The van der Waals surface area contributed by atoms with Gasteiger partial charge in [0.05, 0.1) is 0 Å². The first kappa shape index (κ1) is 10.1. The maximum absolute atomic E-state index is 12.6. The first-order valence-corrected chi connectivity index (χ1v) is 4.18. The molecule has 82 valence electrons. The second kappa shape index (κ2) is 3.61. The van der Waals surface area contributed by atoms with Gasteiger partial charge in [-0.1, -0.05) is 0 Å². The Morgan fingerprint density at radius 1 is 1.44 bits per heavy atom. The van der Waals surface area contributed by atoms with Gasteiger partial charge >= 0.3 is 11.7 Å². The third-order valence-corrected chi connectivity index (χ3v) is 1.93. The van der Waals surface area contributed by atoms with E-state index in [2.05, 4.69) is 9.79 Å². The van der Waals surface area contributed by atoms with E-state index in [1.807, 2.05) is 0 Å². The molecule has 1 heterocycles. The quantitative estimate of drug-likeness (QED) is 0.762. The molecule has 2 aromatic rings. The van der Waals surface area contributed by atoms with Crippen LogP contribution in [-0.4, -0.2) is 16.2 Å². The summed E-state index contributed by atoms with van der Waals surface area (Å²) in [6.07, 6.45) is 0. The van der Waals surface area contributed by atoms with Crippen LogP contribution in [0.15, 0.2) is 28.9 Å². The molecule has 0 unspecified atom stereocenters. The fourth-order valence-corrected chi connectivity index (χ4v) is 1.22. The third-order valence-electron chi connectivity index (χ3n) is 1.93. The van der Waals surface area contributed by atoms with Crippen LogP contribution in [-0.2, 0) is 0 Å². The van der Waals surface area contributed by atoms with E-state index in [-0.39, 0.29) is 16.2 Å². The van der Waals surface area contributed by atoms with E-state index >= 15 is 0 Å². The van der Waals surface area contributed by atoms with Crippen LogP contribution in [0, 0.1) is 11.0 Å². The maximum atomic E-state index is 12.6. The zero-order chi connectivity index (χ0) is 11.7. The van der Waals surface area contributed by atoms with E-state index in [1.165, 1.54) is 12.1 Å². The predicted molar refractivity (Wildman–Crippen MR) is 47.8 cm³/mol. The Kier molecular flexibility index (Phi) is 2.28. The topological polar surface area (TPSA) is 90.3 Å². The number of nitrogens with zero attached hydrogens (tertiary/aromatic N) is 2. The van der Waals surface area contributed by atoms with Gasteiger partial charge < -0.3 is 10.3 Å². The average Bonchev–Trinajstić information content (AvgIpc) is 2.61. The molecule has 2 rings (SSSR count). The predicted octanol–water partition coefficient (Wildman–Crippen LogP) is 0.812. The third kappa shape index (κ3) is 1.58. The van der Waals surface area contributed by atoms with Gasteiger partial charge in [-0.15, -0.1) is 0 Å². The van der Waals surface area contributed by atoms with Gasteiger partial charge in [-0.3, -0.25) is 4.63 Å². The van der Waals surface area contributed by atoms with E-state index in [0.717, 1.165) is 12.1 Å². The van der Waals surface area contributed by atoms with Gasteiger partial charge in [0, 0.05) is 10.7 Å². The van der Waals surface area contributed by atoms with Gasteiger partial charge in [-0.25, -0.2) is 9.18 Å². The number of carbonyl (C=O) groups is 1. The summed E-state index contributed by atoms with van der Waals surface area (Å²) in [5.41, 5.74) is -0.480. The second-order valence-corrected chi connectivity index (χ2v) is 2.94. The van der Waals surface area contributed by atoms with E-state index in [4.69, 9.17) is 5.11 Å². The van der Waals surface area contributed by atoms with Crippen LogP contribution >= 0.6 is 0 Å². The Labute approximate surface area is 88.1 Å². The number of halogens is 1. The van der Waals surface area contributed by atoms with Crippen molar-refractivity contribution in [2.24, 2.45) is 0 Å². The summed E-state index contributed by atoms with van der Waals surface area (Å²) in [5, 5.41) is 23.0. The molecule has 16 heavy (non-hydrogen) atoms. The van der Waals surface area contributed by atoms with Crippen LogP contribution in [0.1, 0.15) is 10.5 Å². The highest BCUT2D eigenvalue weighted by atomic mass is 19.1. The lowest BCUT2D eigenvalue weighted by molar-refractivity contribution is -0.804. The van der Waals surface area contributed by atoms with Gasteiger partial charge in [-0.05, 0) is 29.2 Å². The molecule has 6 nitrogen and oxygen atoms in total. The molecule has 0 amide bonds. The molecule has 0 aliphatic carbocycles. The molecular weight excluding hydrogens is 219 g/mol. The van der Waals surface area contributed by atoms with Gasteiger partial charge in [0.25, 0.3) is 5.69 Å². The largest absolute Gasteiger partial charge is 0.475 e. The maximum Gasteiger partial charge on any atom is 0.385 e. The standard InChI is InChI=1S/C9H5FN2O4/c10-6-3-1-5(2-4-6)7-8(9(13)14)12(15)16-11-7/h1-4H,(H,13,14). The zero-order valence-corrected chi connectivity index (χ0v) is 7.75. The van der Waals surface area contributed by atoms with Crippen LogP contribution in [0.5, 0.6) is 0 Å². The SMILES string of the molecule is O=C(O)c1c(-c2ccc(F)cc2)no[n+]1[O-]. The van der Waals surface area contributed by atoms with Gasteiger partial charge in [0.2, 0.25) is 0 Å². The number of benzene rings is 1. The Bertz CT molecular complexity index is 535. The zero-order valence-electron chi connectivity index (χ0n) is 7.75. The fraction of sp³-hybridized carbons (Fsp3) is 0. The van der Waals surface area contributed by atoms with Crippen molar-refractivity contribution < 1.29 is 23.8 Å². The molecule has 7 heteroatoms. The molecular formula is C9H5FN2O4. The minimum atomic E-state index is -1.46. The molecule has 0 saturated carbocycles. The summed E-state index contributed by atoms with van der Waals surface area (Å²) >= 11 is 0. The molecule has 1 aromatic heterocycles. The fourth-order valence-electron chi connectivity index (χ4n) is 1.22. The van der Waals surface area contributed by atoms with Crippen molar-refractivity contribution in [1.82, 2.24) is 5.16 Å². The van der Waals surface area contributed by atoms with E-state index in [0.29, 0.717) is 0 Å². The van der Waals surface area contributed by atoms with Crippen molar-refractivity contribution in [2.45, 2.75) is 0 Å². The number of rotatable bonds is 2. The number of aromatic carboxylic acids is 1. The molecule has 0 bridgehead atoms. The summed E-state index contributed by atoms with van der Waals surface area (Å²) in [7, 11) is 0. The smallest absolute Gasteiger partial charge is 0.385 e. The minimum Gasteiger partial charge on any atom is -0.475 e.